The summed E-state index contributed by atoms with van der Waals surface area (Å²) >= 11 is 0. The van der Waals surface area contributed by atoms with E-state index in [0.717, 1.165) is 18.4 Å². The van der Waals surface area contributed by atoms with Gasteiger partial charge in [-0.3, -0.25) is 0 Å². The Labute approximate surface area is 96.1 Å². The zero-order chi connectivity index (χ0) is 12.0. The molecule has 0 N–H and O–H groups in total. The Kier molecular flexibility index (Phi) is 4.99. The van der Waals surface area contributed by atoms with Crippen LogP contribution < -0.4 is 5.11 Å². The molecule has 0 saturated carbocycles. The van der Waals surface area contributed by atoms with Crippen molar-refractivity contribution in [1.82, 2.24) is 0 Å². The van der Waals surface area contributed by atoms with Gasteiger partial charge in [0, 0.05) is 0 Å². The smallest absolute Gasteiger partial charge is 0.0715 e. The first-order valence-electron chi connectivity index (χ1n) is 5.55. The maximum absolute atomic E-state index is 10.5. The van der Waals surface area contributed by atoms with E-state index >= 15 is 0 Å². The summed E-state index contributed by atoms with van der Waals surface area (Å²) in [4.78, 5) is 10.5. The lowest BCUT2D eigenvalue weighted by Crippen LogP contribution is -2.22. The molecule has 0 heterocycles. The molecule has 0 aliphatic rings. The molecule has 0 aromatic heterocycles. The molecule has 0 spiro atoms. The van der Waals surface area contributed by atoms with E-state index < -0.39 is 5.97 Å². The van der Waals surface area contributed by atoms with Crippen molar-refractivity contribution in [2.75, 3.05) is 6.61 Å². The molecular weight excluding hydrogens is 204 g/mol. The molecule has 0 radical (unpaired) electrons. The molecule has 3 heteroatoms. The van der Waals surface area contributed by atoms with Crippen LogP contribution in [0.4, 0.5) is 0 Å². The van der Waals surface area contributed by atoms with Crippen LogP contribution in [-0.4, -0.2) is 18.7 Å². The summed E-state index contributed by atoms with van der Waals surface area (Å²) in [5, 5.41) is 10.5. The van der Waals surface area contributed by atoms with Crippen LogP contribution >= 0.6 is 0 Å². The van der Waals surface area contributed by atoms with E-state index in [9.17, 15) is 9.90 Å². The lowest BCUT2D eigenvalue weighted by atomic mass is 10.1. The van der Waals surface area contributed by atoms with Crippen LogP contribution in [0.3, 0.4) is 0 Å². The van der Waals surface area contributed by atoms with Gasteiger partial charge in [0.15, 0.2) is 0 Å². The van der Waals surface area contributed by atoms with Crippen molar-refractivity contribution in [2.45, 2.75) is 32.8 Å². The van der Waals surface area contributed by atoms with Crippen molar-refractivity contribution in [3.63, 3.8) is 0 Å². The number of hydrogen-bond acceptors (Lipinski definition) is 3. The van der Waals surface area contributed by atoms with Gasteiger partial charge in [-0.2, -0.15) is 0 Å². The van der Waals surface area contributed by atoms with E-state index in [-0.39, 0.29) is 11.7 Å². The Bertz CT molecular complexity index is 330. The first kappa shape index (κ1) is 12.7. The zero-order valence-electron chi connectivity index (χ0n) is 9.73. The Morgan fingerprint density at radius 3 is 2.50 bits per heavy atom. The molecule has 0 amide bonds. The molecule has 0 aliphatic heterocycles. The minimum absolute atomic E-state index is 0.214. The minimum Gasteiger partial charge on any atom is -0.545 e. The summed E-state index contributed by atoms with van der Waals surface area (Å²) in [7, 11) is 0. The number of benzene rings is 1. The molecule has 1 aromatic rings. The lowest BCUT2D eigenvalue weighted by molar-refractivity contribution is -0.255. The van der Waals surface area contributed by atoms with Gasteiger partial charge in [0.2, 0.25) is 0 Å². The summed E-state index contributed by atoms with van der Waals surface area (Å²) in [5.41, 5.74) is 1.29. The van der Waals surface area contributed by atoms with Gasteiger partial charge in [-0.15, -0.1) is 0 Å². The first-order valence-corrected chi connectivity index (χ1v) is 5.55. The normalized spacial score (nSPS) is 12.4. The van der Waals surface area contributed by atoms with Gasteiger partial charge < -0.3 is 14.6 Å². The van der Waals surface area contributed by atoms with Crippen molar-refractivity contribution in [1.29, 1.82) is 0 Å². The van der Waals surface area contributed by atoms with E-state index in [1.54, 1.807) is 24.3 Å². The highest BCUT2D eigenvalue weighted by molar-refractivity contribution is 5.85. The second-order valence-corrected chi connectivity index (χ2v) is 3.82. The predicted molar refractivity (Wildman–Crippen MR) is 60.2 cm³/mol. The lowest BCUT2D eigenvalue weighted by Gasteiger charge is -2.10. The number of hydrogen-bond donors (Lipinski definition) is 0. The molecular formula is C13H17O3-. The van der Waals surface area contributed by atoms with Crippen molar-refractivity contribution in [3.05, 3.63) is 35.4 Å². The average Bonchev–Trinajstić information content (AvgIpc) is 2.29. The van der Waals surface area contributed by atoms with E-state index in [1.807, 2.05) is 6.92 Å². The summed E-state index contributed by atoms with van der Waals surface area (Å²) in [6, 6.07) is 6.72. The van der Waals surface area contributed by atoms with E-state index in [2.05, 4.69) is 6.92 Å². The average molecular weight is 221 g/mol. The molecule has 0 fully saturated rings. The van der Waals surface area contributed by atoms with Crippen molar-refractivity contribution in [3.8, 4) is 0 Å². The number of ether oxygens (including phenoxy) is 1. The van der Waals surface area contributed by atoms with Crippen LogP contribution in [0.1, 0.15) is 36.2 Å². The van der Waals surface area contributed by atoms with Crippen LogP contribution in [0.2, 0.25) is 0 Å². The fourth-order valence-electron chi connectivity index (χ4n) is 1.30. The zero-order valence-corrected chi connectivity index (χ0v) is 9.73. The highest BCUT2D eigenvalue weighted by atomic mass is 16.5. The maximum Gasteiger partial charge on any atom is 0.0715 e. The SMILES string of the molecule is CCC(C)OCCc1ccc(C(=O)[O-])cc1. The third-order valence-corrected chi connectivity index (χ3v) is 2.56. The predicted octanol–water partition coefficient (Wildman–Crippen LogP) is 1.41. The fraction of sp³-hybridized carbons (Fsp3) is 0.462. The maximum atomic E-state index is 10.5. The number of carboxylic acid groups (broad SMARTS) is 1. The third-order valence-electron chi connectivity index (χ3n) is 2.56. The van der Waals surface area contributed by atoms with E-state index in [0.29, 0.717) is 6.61 Å². The second kappa shape index (κ2) is 6.28. The Hall–Kier alpha value is -1.35. The number of carbonyl (C=O) groups excluding carboxylic acids is 1. The van der Waals surface area contributed by atoms with Crippen LogP contribution in [0.15, 0.2) is 24.3 Å². The van der Waals surface area contributed by atoms with Gasteiger partial charge in [-0.25, -0.2) is 0 Å². The topological polar surface area (TPSA) is 49.4 Å². The second-order valence-electron chi connectivity index (χ2n) is 3.82. The van der Waals surface area contributed by atoms with Crippen molar-refractivity contribution >= 4 is 5.97 Å². The molecule has 16 heavy (non-hydrogen) atoms. The number of aromatic carboxylic acids is 1. The van der Waals surface area contributed by atoms with Crippen LogP contribution in [0.25, 0.3) is 0 Å². The Balaban J connectivity index is 2.40. The summed E-state index contributed by atoms with van der Waals surface area (Å²) < 4.78 is 5.54. The molecule has 3 nitrogen and oxygen atoms in total. The monoisotopic (exact) mass is 221 g/mol. The quantitative estimate of drug-likeness (QED) is 0.729. The van der Waals surface area contributed by atoms with Crippen LogP contribution in [0, 0.1) is 0 Å². The molecule has 0 aliphatic carbocycles. The molecule has 0 saturated heterocycles. The van der Waals surface area contributed by atoms with Gasteiger partial charge >= 0.3 is 0 Å². The number of rotatable bonds is 6. The molecule has 1 aromatic carbocycles. The van der Waals surface area contributed by atoms with Crippen LogP contribution in [-0.2, 0) is 11.2 Å². The Morgan fingerprint density at radius 1 is 1.38 bits per heavy atom. The molecule has 1 atom stereocenters. The van der Waals surface area contributed by atoms with Gasteiger partial charge in [0.1, 0.15) is 0 Å². The minimum atomic E-state index is -1.14. The van der Waals surface area contributed by atoms with Crippen molar-refractivity contribution in [2.24, 2.45) is 0 Å². The van der Waals surface area contributed by atoms with Gasteiger partial charge in [0.05, 0.1) is 18.7 Å². The van der Waals surface area contributed by atoms with Crippen LogP contribution in [0.5, 0.6) is 0 Å². The first-order chi connectivity index (χ1) is 7.63. The highest BCUT2D eigenvalue weighted by Crippen LogP contribution is 2.05. The van der Waals surface area contributed by atoms with E-state index in [4.69, 9.17) is 4.74 Å². The molecule has 88 valence electrons. The van der Waals surface area contributed by atoms with Crippen molar-refractivity contribution < 1.29 is 14.6 Å². The molecule has 1 rings (SSSR count). The highest BCUT2D eigenvalue weighted by Gasteiger charge is 1.99. The van der Waals surface area contributed by atoms with Gasteiger partial charge in [-0.1, -0.05) is 31.2 Å². The number of carbonyl (C=O) groups is 1. The summed E-state index contributed by atoms with van der Waals surface area (Å²) in [6.07, 6.45) is 2.09. The Morgan fingerprint density at radius 2 is 2.00 bits per heavy atom. The standard InChI is InChI=1S/C13H18O3/c1-3-10(2)16-9-8-11-4-6-12(7-5-11)13(14)15/h4-7,10H,3,8-9H2,1-2H3,(H,14,15)/p-1. The summed E-state index contributed by atoms with van der Waals surface area (Å²) in [5.74, 6) is -1.14. The molecule has 1 unspecified atom stereocenters. The molecule has 0 bridgehead atoms. The fourth-order valence-corrected chi connectivity index (χ4v) is 1.30. The van der Waals surface area contributed by atoms with Gasteiger partial charge in [-0.05, 0) is 30.9 Å². The number of carboxylic acids is 1. The van der Waals surface area contributed by atoms with E-state index in [1.165, 1.54) is 0 Å². The van der Waals surface area contributed by atoms with Gasteiger partial charge in [0.25, 0.3) is 0 Å². The summed E-state index contributed by atoms with van der Waals surface area (Å²) in [6.45, 7) is 4.79. The third kappa shape index (κ3) is 4.03. The largest absolute Gasteiger partial charge is 0.545 e.